The summed E-state index contributed by atoms with van der Waals surface area (Å²) in [7, 11) is 1.70. The van der Waals surface area contributed by atoms with Crippen LogP contribution in [0.3, 0.4) is 0 Å². The number of halogens is 1. The largest absolute Gasteiger partial charge is 0.356 e. The lowest BCUT2D eigenvalue weighted by Crippen LogP contribution is -2.46. The summed E-state index contributed by atoms with van der Waals surface area (Å²) < 4.78 is 0. The Labute approximate surface area is 196 Å². The standard InChI is InChI=1S/C22H33N5O2.HI/c1-23-22(25-16-21(29)26-11-6-3-7-12-26)24-15-19-14-20(28)27(17-19)13-10-18-8-4-2-5-9-18;/h2,4-5,8-9,19H,3,6-7,10-17H2,1H3,(H2,23,24,25);1H. The molecule has 0 bridgehead atoms. The predicted octanol–water partition coefficient (Wildman–Crippen LogP) is 1.87. The number of carbonyl (C=O) groups excluding carboxylic acids is 2. The Hall–Kier alpha value is -1.84. The summed E-state index contributed by atoms with van der Waals surface area (Å²) in [5, 5.41) is 6.38. The summed E-state index contributed by atoms with van der Waals surface area (Å²) >= 11 is 0. The number of hydrogen-bond donors (Lipinski definition) is 2. The second-order valence-electron chi connectivity index (χ2n) is 7.89. The molecule has 3 rings (SSSR count). The molecule has 0 aliphatic carbocycles. The first-order valence-corrected chi connectivity index (χ1v) is 10.7. The number of guanidine groups is 1. The minimum Gasteiger partial charge on any atom is -0.356 e. The van der Waals surface area contributed by atoms with E-state index in [0.29, 0.717) is 18.9 Å². The zero-order valence-electron chi connectivity index (χ0n) is 17.8. The highest BCUT2D eigenvalue weighted by Gasteiger charge is 2.29. The van der Waals surface area contributed by atoms with E-state index in [1.54, 1.807) is 7.05 Å². The number of benzene rings is 1. The Kier molecular flexibility index (Phi) is 10.4. The van der Waals surface area contributed by atoms with Gasteiger partial charge in [0.2, 0.25) is 11.8 Å². The number of piperidine rings is 1. The van der Waals surface area contributed by atoms with Gasteiger partial charge in [-0.25, -0.2) is 0 Å². The molecule has 1 unspecified atom stereocenters. The van der Waals surface area contributed by atoms with Gasteiger partial charge in [0.1, 0.15) is 0 Å². The molecule has 7 nitrogen and oxygen atoms in total. The molecule has 8 heteroatoms. The summed E-state index contributed by atoms with van der Waals surface area (Å²) in [4.78, 5) is 32.7. The summed E-state index contributed by atoms with van der Waals surface area (Å²) in [6.45, 7) is 4.17. The zero-order chi connectivity index (χ0) is 20.5. The van der Waals surface area contributed by atoms with Crippen LogP contribution in [0.15, 0.2) is 35.3 Å². The molecule has 2 fully saturated rings. The highest BCUT2D eigenvalue weighted by Crippen LogP contribution is 2.17. The Morgan fingerprint density at radius 2 is 1.87 bits per heavy atom. The predicted molar refractivity (Wildman–Crippen MR) is 130 cm³/mol. The van der Waals surface area contributed by atoms with E-state index in [0.717, 1.165) is 45.4 Å². The Balaban J connectivity index is 0.00000320. The fourth-order valence-electron chi connectivity index (χ4n) is 3.99. The van der Waals surface area contributed by atoms with Crippen molar-refractivity contribution in [3.8, 4) is 0 Å². The van der Waals surface area contributed by atoms with Crippen molar-refractivity contribution < 1.29 is 9.59 Å². The fraction of sp³-hybridized carbons (Fsp3) is 0.591. The molecule has 0 radical (unpaired) electrons. The normalized spacial score (nSPS) is 19.4. The third kappa shape index (κ3) is 7.45. The molecule has 2 heterocycles. The van der Waals surface area contributed by atoms with Crippen LogP contribution in [0.25, 0.3) is 0 Å². The molecule has 1 aromatic rings. The molecule has 1 atom stereocenters. The Morgan fingerprint density at radius 1 is 1.13 bits per heavy atom. The molecule has 30 heavy (non-hydrogen) atoms. The zero-order valence-corrected chi connectivity index (χ0v) is 20.1. The van der Waals surface area contributed by atoms with E-state index in [1.165, 1.54) is 12.0 Å². The minimum absolute atomic E-state index is 0. The first-order chi connectivity index (χ1) is 14.2. The quantitative estimate of drug-likeness (QED) is 0.323. The van der Waals surface area contributed by atoms with Gasteiger partial charge >= 0.3 is 0 Å². The Morgan fingerprint density at radius 3 is 2.57 bits per heavy atom. The lowest BCUT2D eigenvalue weighted by Gasteiger charge is -2.27. The van der Waals surface area contributed by atoms with Gasteiger partial charge in [0, 0.05) is 52.1 Å². The summed E-state index contributed by atoms with van der Waals surface area (Å²) in [6.07, 6.45) is 4.84. The van der Waals surface area contributed by atoms with Gasteiger partial charge in [0.05, 0.1) is 6.54 Å². The summed E-state index contributed by atoms with van der Waals surface area (Å²) in [5.41, 5.74) is 1.25. The number of aliphatic imine (C=N–C) groups is 1. The van der Waals surface area contributed by atoms with Gasteiger partial charge in [0.25, 0.3) is 0 Å². The second kappa shape index (κ2) is 12.8. The Bertz CT molecular complexity index is 707. The van der Waals surface area contributed by atoms with Crippen molar-refractivity contribution in [1.29, 1.82) is 0 Å². The number of rotatable bonds is 7. The van der Waals surface area contributed by atoms with Gasteiger partial charge in [-0.05, 0) is 31.2 Å². The molecule has 2 aliphatic heterocycles. The SMILES string of the molecule is CN=C(NCC(=O)N1CCCCC1)NCC1CC(=O)N(CCc2ccccc2)C1.I. The van der Waals surface area contributed by atoms with Crippen molar-refractivity contribution in [3.05, 3.63) is 35.9 Å². The van der Waals surface area contributed by atoms with Gasteiger partial charge in [0.15, 0.2) is 5.96 Å². The van der Waals surface area contributed by atoms with E-state index in [9.17, 15) is 9.59 Å². The number of likely N-dealkylation sites (tertiary alicyclic amines) is 2. The van der Waals surface area contributed by atoms with E-state index in [4.69, 9.17) is 0 Å². The van der Waals surface area contributed by atoms with E-state index < -0.39 is 0 Å². The van der Waals surface area contributed by atoms with Crippen LogP contribution in [0.4, 0.5) is 0 Å². The molecule has 0 saturated carbocycles. The first-order valence-electron chi connectivity index (χ1n) is 10.7. The molecular formula is C22H34IN5O2. The van der Waals surface area contributed by atoms with Crippen LogP contribution in [-0.4, -0.2) is 73.9 Å². The fourth-order valence-corrected chi connectivity index (χ4v) is 3.99. The molecule has 0 aromatic heterocycles. The van der Waals surface area contributed by atoms with Crippen LogP contribution in [0.2, 0.25) is 0 Å². The van der Waals surface area contributed by atoms with Gasteiger partial charge in [-0.3, -0.25) is 14.6 Å². The number of carbonyl (C=O) groups is 2. The maximum Gasteiger partial charge on any atom is 0.241 e. The summed E-state index contributed by atoms with van der Waals surface area (Å²) in [6, 6.07) is 10.3. The highest BCUT2D eigenvalue weighted by molar-refractivity contribution is 14.0. The molecule has 166 valence electrons. The van der Waals surface area contributed by atoms with Crippen LogP contribution in [0, 0.1) is 5.92 Å². The molecule has 2 amide bonds. The third-order valence-electron chi connectivity index (χ3n) is 5.71. The lowest BCUT2D eigenvalue weighted by molar-refractivity contribution is -0.131. The number of hydrogen-bond acceptors (Lipinski definition) is 3. The third-order valence-corrected chi connectivity index (χ3v) is 5.71. The van der Waals surface area contributed by atoms with Gasteiger partial charge in [-0.2, -0.15) is 0 Å². The van der Waals surface area contributed by atoms with E-state index in [2.05, 4.69) is 27.8 Å². The summed E-state index contributed by atoms with van der Waals surface area (Å²) in [5.74, 6) is 1.21. The van der Waals surface area contributed by atoms with Crippen LogP contribution >= 0.6 is 24.0 Å². The average Bonchev–Trinajstić information content (AvgIpc) is 3.13. The van der Waals surface area contributed by atoms with Crippen LogP contribution in [-0.2, 0) is 16.0 Å². The number of nitrogens with zero attached hydrogens (tertiary/aromatic N) is 3. The van der Waals surface area contributed by atoms with Crippen molar-refractivity contribution in [2.75, 3.05) is 46.3 Å². The monoisotopic (exact) mass is 527 g/mol. The number of nitrogens with one attached hydrogen (secondary N) is 2. The van der Waals surface area contributed by atoms with Crippen molar-refractivity contribution >= 4 is 41.8 Å². The molecule has 1 aromatic carbocycles. The van der Waals surface area contributed by atoms with Crippen molar-refractivity contribution in [1.82, 2.24) is 20.4 Å². The molecule has 0 spiro atoms. The van der Waals surface area contributed by atoms with E-state index in [1.807, 2.05) is 28.0 Å². The second-order valence-corrected chi connectivity index (χ2v) is 7.89. The molecule has 2 aliphatic rings. The van der Waals surface area contributed by atoms with Crippen LogP contribution in [0.1, 0.15) is 31.2 Å². The molecule has 2 saturated heterocycles. The average molecular weight is 527 g/mol. The maximum absolute atomic E-state index is 12.3. The first kappa shape index (κ1) is 24.4. The van der Waals surface area contributed by atoms with Crippen molar-refractivity contribution in [3.63, 3.8) is 0 Å². The number of amides is 2. The van der Waals surface area contributed by atoms with Gasteiger partial charge in [-0.15, -0.1) is 24.0 Å². The minimum atomic E-state index is 0. The topological polar surface area (TPSA) is 77.0 Å². The lowest BCUT2D eigenvalue weighted by atomic mass is 10.1. The van der Waals surface area contributed by atoms with Crippen LogP contribution < -0.4 is 10.6 Å². The van der Waals surface area contributed by atoms with Gasteiger partial charge in [-0.1, -0.05) is 30.3 Å². The van der Waals surface area contributed by atoms with E-state index in [-0.39, 0.29) is 48.3 Å². The van der Waals surface area contributed by atoms with Crippen molar-refractivity contribution in [2.24, 2.45) is 10.9 Å². The highest BCUT2D eigenvalue weighted by atomic mass is 127. The molecule has 2 N–H and O–H groups in total. The van der Waals surface area contributed by atoms with E-state index >= 15 is 0 Å². The van der Waals surface area contributed by atoms with Crippen LogP contribution in [0.5, 0.6) is 0 Å². The maximum atomic E-state index is 12.3. The van der Waals surface area contributed by atoms with Crippen molar-refractivity contribution in [2.45, 2.75) is 32.1 Å². The molecular weight excluding hydrogens is 493 g/mol. The van der Waals surface area contributed by atoms with Gasteiger partial charge < -0.3 is 20.4 Å². The smallest absolute Gasteiger partial charge is 0.241 e.